The van der Waals surface area contributed by atoms with Gasteiger partial charge in [0, 0.05) is 5.25 Å². The first-order chi connectivity index (χ1) is 3.27. The molecule has 0 rings (SSSR count). The average Bonchev–Trinajstić information content (AvgIpc) is 1.61. The van der Waals surface area contributed by atoms with Gasteiger partial charge in [0.1, 0.15) is 0 Å². The van der Waals surface area contributed by atoms with Crippen molar-refractivity contribution >= 4 is 12.0 Å². The zero-order valence-electron chi connectivity index (χ0n) is 4.55. The van der Waals surface area contributed by atoms with Gasteiger partial charge in [0.25, 0.3) is 0 Å². The van der Waals surface area contributed by atoms with Gasteiger partial charge >= 0.3 is 0 Å². The highest BCUT2D eigenvalue weighted by atomic mass is 32.2. The Kier molecular flexibility index (Phi) is 4.60. The SMILES string of the molecule is CC(C)SOCO. The van der Waals surface area contributed by atoms with Crippen molar-refractivity contribution in [2.45, 2.75) is 19.1 Å². The van der Waals surface area contributed by atoms with Crippen LogP contribution in [-0.4, -0.2) is 17.1 Å². The van der Waals surface area contributed by atoms with Gasteiger partial charge in [-0.05, 0) is 12.0 Å². The highest BCUT2D eigenvalue weighted by molar-refractivity contribution is 7.95. The zero-order chi connectivity index (χ0) is 5.70. The summed E-state index contributed by atoms with van der Waals surface area (Å²) in [5.74, 6) is 0. The van der Waals surface area contributed by atoms with E-state index < -0.39 is 0 Å². The fraction of sp³-hybridized carbons (Fsp3) is 1.00. The van der Waals surface area contributed by atoms with Gasteiger partial charge in [0.05, 0.1) is 0 Å². The lowest BCUT2D eigenvalue weighted by atomic mass is 10.6. The van der Waals surface area contributed by atoms with E-state index in [-0.39, 0.29) is 6.79 Å². The standard InChI is InChI=1S/C4H10O2S/c1-4(2)7-6-3-5/h4-5H,3H2,1-2H3. The summed E-state index contributed by atoms with van der Waals surface area (Å²) in [6.07, 6.45) is 0. The molecule has 0 aromatic heterocycles. The summed E-state index contributed by atoms with van der Waals surface area (Å²) < 4.78 is 4.57. The molecule has 0 aliphatic heterocycles. The molecule has 44 valence electrons. The molecule has 0 aliphatic carbocycles. The second-order valence-corrected chi connectivity index (χ2v) is 2.76. The smallest absolute Gasteiger partial charge is 0.156 e. The van der Waals surface area contributed by atoms with Crippen molar-refractivity contribution < 1.29 is 9.29 Å². The van der Waals surface area contributed by atoms with Gasteiger partial charge < -0.3 is 5.11 Å². The molecule has 0 atom stereocenters. The molecular formula is C4H10O2S. The highest BCUT2D eigenvalue weighted by Gasteiger charge is 1.90. The number of aliphatic hydroxyl groups excluding tert-OH is 1. The summed E-state index contributed by atoms with van der Waals surface area (Å²) in [6.45, 7) is 3.81. The van der Waals surface area contributed by atoms with E-state index in [1.165, 1.54) is 12.0 Å². The van der Waals surface area contributed by atoms with Gasteiger partial charge in [-0.15, -0.1) is 0 Å². The van der Waals surface area contributed by atoms with Crippen LogP contribution < -0.4 is 0 Å². The molecule has 0 radical (unpaired) electrons. The van der Waals surface area contributed by atoms with Crippen molar-refractivity contribution in [1.82, 2.24) is 0 Å². The molecule has 0 aromatic carbocycles. The van der Waals surface area contributed by atoms with Crippen molar-refractivity contribution in [3.8, 4) is 0 Å². The Balaban J connectivity index is 2.68. The Morgan fingerprint density at radius 1 is 1.71 bits per heavy atom. The fourth-order valence-electron chi connectivity index (χ4n) is 0.167. The van der Waals surface area contributed by atoms with Crippen LogP contribution in [0.25, 0.3) is 0 Å². The van der Waals surface area contributed by atoms with Crippen molar-refractivity contribution in [2.75, 3.05) is 6.79 Å². The van der Waals surface area contributed by atoms with Crippen LogP contribution in [0.15, 0.2) is 0 Å². The minimum absolute atomic E-state index is 0.192. The summed E-state index contributed by atoms with van der Waals surface area (Å²) in [5.41, 5.74) is 0. The number of hydrogen-bond acceptors (Lipinski definition) is 3. The maximum Gasteiger partial charge on any atom is 0.156 e. The summed E-state index contributed by atoms with van der Waals surface area (Å²) in [7, 11) is 0. The van der Waals surface area contributed by atoms with E-state index in [4.69, 9.17) is 5.11 Å². The van der Waals surface area contributed by atoms with E-state index in [2.05, 4.69) is 4.18 Å². The molecule has 0 heterocycles. The number of hydrogen-bond donors (Lipinski definition) is 1. The molecule has 0 saturated carbocycles. The third kappa shape index (κ3) is 6.27. The summed E-state index contributed by atoms with van der Waals surface area (Å²) in [5, 5.41) is 8.51. The lowest BCUT2D eigenvalue weighted by molar-refractivity contribution is 0.119. The first-order valence-corrected chi connectivity index (χ1v) is 2.97. The molecule has 0 aromatic rings. The van der Waals surface area contributed by atoms with E-state index in [1.807, 2.05) is 13.8 Å². The lowest BCUT2D eigenvalue weighted by Crippen LogP contribution is -1.89. The van der Waals surface area contributed by atoms with Crippen LogP contribution in [0.2, 0.25) is 0 Å². The quantitative estimate of drug-likeness (QED) is 0.447. The van der Waals surface area contributed by atoms with Crippen molar-refractivity contribution in [3.63, 3.8) is 0 Å². The number of rotatable bonds is 3. The minimum Gasteiger partial charge on any atom is -0.370 e. The molecule has 3 heteroatoms. The monoisotopic (exact) mass is 122 g/mol. The van der Waals surface area contributed by atoms with Gasteiger partial charge in [-0.2, -0.15) is 0 Å². The maximum absolute atomic E-state index is 8.07. The van der Waals surface area contributed by atoms with E-state index in [0.717, 1.165) is 0 Å². The molecule has 1 N–H and O–H groups in total. The van der Waals surface area contributed by atoms with Crippen LogP contribution >= 0.6 is 12.0 Å². The molecule has 0 bridgehead atoms. The fourth-order valence-corrected chi connectivity index (χ4v) is 0.500. The molecule has 0 saturated heterocycles. The van der Waals surface area contributed by atoms with Gasteiger partial charge in [0.2, 0.25) is 0 Å². The second-order valence-electron chi connectivity index (χ2n) is 1.39. The van der Waals surface area contributed by atoms with Crippen LogP contribution in [0, 0.1) is 0 Å². The Hall–Kier alpha value is 0.270. The van der Waals surface area contributed by atoms with Crippen LogP contribution in [-0.2, 0) is 4.18 Å². The average molecular weight is 122 g/mol. The first kappa shape index (κ1) is 7.27. The molecule has 0 spiro atoms. The zero-order valence-corrected chi connectivity index (χ0v) is 5.36. The molecule has 2 nitrogen and oxygen atoms in total. The predicted molar refractivity (Wildman–Crippen MR) is 30.9 cm³/mol. The third-order valence-corrected chi connectivity index (χ3v) is 0.940. The first-order valence-electron chi connectivity index (χ1n) is 2.16. The van der Waals surface area contributed by atoms with E-state index in [1.54, 1.807) is 0 Å². The maximum atomic E-state index is 8.07. The van der Waals surface area contributed by atoms with E-state index in [9.17, 15) is 0 Å². The van der Waals surface area contributed by atoms with Crippen molar-refractivity contribution in [2.24, 2.45) is 0 Å². The van der Waals surface area contributed by atoms with Crippen LogP contribution in [0.5, 0.6) is 0 Å². The molecule has 0 amide bonds. The number of aliphatic hydroxyl groups is 1. The Bertz CT molecular complexity index is 38.7. The Labute approximate surface area is 48.1 Å². The molecule has 0 fully saturated rings. The van der Waals surface area contributed by atoms with Gasteiger partial charge in [-0.3, -0.25) is 4.18 Å². The van der Waals surface area contributed by atoms with Crippen molar-refractivity contribution in [3.05, 3.63) is 0 Å². The second kappa shape index (κ2) is 4.43. The van der Waals surface area contributed by atoms with Gasteiger partial charge in [-0.25, -0.2) is 0 Å². The lowest BCUT2D eigenvalue weighted by Gasteiger charge is -1.98. The predicted octanol–water partition coefficient (Wildman–Crippen LogP) is 1.01. The highest BCUT2D eigenvalue weighted by Crippen LogP contribution is 2.08. The minimum atomic E-state index is -0.192. The van der Waals surface area contributed by atoms with Gasteiger partial charge in [-0.1, -0.05) is 13.8 Å². The van der Waals surface area contributed by atoms with Crippen LogP contribution in [0.1, 0.15) is 13.8 Å². The summed E-state index contributed by atoms with van der Waals surface area (Å²) in [4.78, 5) is 0. The largest absolute Gasteiger partial charge is 0.370 e. The van der Waals surface area contributed by atoms with Gasteiger partial charge in [0.15, 0.2) is 6.79 Å². The normalized spacial score (nSPS) is 10.3. The topological polar surface area (TPSA) is 29.5 Å². The van der Waals surface area contributed by atoms with Crippen LogP contribution in [0.4, 0.5) is 0 Å². The molecule has 7 heavy (non-hydrogen) atoms. The Morgan fingerprint density at radius 3 is 2.43 bits per heavy atom. The Morgan fingerprint density at radius 2 is 2.29 bits per heavy atom. The summed E-state index contributed by atoms with van der Waals surface area (Å²) in [6, 6.07) is 0. The molecule has 0 unspecified atom stereocenters. The van der Waals surface area contributed by atoms with Crippen LogP contribution in [0.3, 0.4) is 0 Å². The molecular weight excluding hydrogens is 112 g/mol. The van der Waals surface area contributed by atoms with E-state index in [0.29, 0.717) is 5.25 Å². The molecule has 0 aliphatic rings. The van der Waals surface area contributed by atoms with Crippen molar-refractivity contribution in [1.29, 1.82) is 0 Å². The third-order valence-electron chi connectivity index (χ3n) is 0.313. The summed E-state index contributed by atoms with van der Waals surface area (Å²) >= 11 is 1.28. The van der Waals surface area contributed by atoms with E-state index >= 15 is 0 Å².